The van der Waals surface area contributed by atoms with E-state index in [2.05, 4.69) is 5.32 Å². The van der Waals surface area contributed by atoms with E-state index in [1.54, 1.807) is 26.2 Å². The average molecular weight is 266 g/mol. The van der Waals surface area contributed by atoms with Crippen molar-refractivity contribution in [3.05, 3.63) is 23.8 Å². The Labute approximate surface area is 114 Å². The Hall–Kier alpha value is -1.91. The first-order chi connectivity index (χ1) is 8.97. The Morgan fingerprint density at radius 1 is 1.26 bits per heavy atom. The molecule has 0 radical (unpaired) electrons. The third-order valence-corrected chi connectivity index (χ3v) is 2.63. The summed E-state index contributed by atoms with van der Waals surface area (Å²) in [6, 6.07) is 5.66. The first kappa shape index (κ1) is 15.1. The smallest absolute Gasteiger partial charge is 0.317 e. The number of carbonyl (C=O) groups excluding carboxylic acids is 1. The molecule has 0 aliphatic heterocycles. The van der Waals surface area contributed by atoms with E-state index in [9.17, 15) is 4.79 Å². The predicted molar refractivity (Wildman–Crippen MR) is 74.7 cm³/mol. The zero-order chi connectivity index (χ0) is 14.4. The Morgan fingerprint density at radius 2 is 1.89 bits per heavy atom. The lowest BCUT2D eigenvalue weighted by atomic mass is 10.2. The van der Waals surface area contributed by atoms with Gasteiger partial charge in [0.2, 0.25) is 0 Å². The summed E-state index contributed by atoms with van der Waals surface area (Å²) in [5.74, 6) is 1.35. The molecule has 1 aromatic rings. The summed E-state index contributed by atoms with van der Waals surface area (Å²) in [4.78, 5) is 13.4. The van der Waals surface area contributed by atoms with Gasteiger partial charge in [-0.05, 0) is 31.5 Å². The van der Waals surface area contributed by atoms with Crippen LogP contribution in [-0.2, 0) is 6.54 Å². The van der Waals surface area contributed by atoms with Gasteiger partial charge in [-0.15, -0.1) is 0 Å². The molecule has 1 rings (SSSR count). The summed E-state index contributed by atoms with van der Waals surface area (Å²) < 4.78 is 10.4. The quantitative estimate of drug-likeness (QED) is 0.889. The van der Waals surface area contributed by atoms with E-state index in [-0.39, 0.29) is 12.1 Å². The number of rotatable bonds is 5. The van der Waals surface area contributed by atoms with Crippen molar-refractivity contribution in [1.29, 1.82) is 0 Å². The molecule has 0 aliphatic rings. The second-order valence-corrected chi connectivity index (χ2v) is 4.65. The number of hydrogen-bond donors (Lipinski definition) is 1. The van der Waals surface area contributed by atoms with E-state index in [1.807, 2.05) is 32.0 Å². The van der Waals surface area contributed by atoms with Gasteiger partial charge in [-0.25, -0.2) is 4.79 Å². The monoisotopic (exact) mass is 266 g/mol. The number of amides is 2. The van der Waals surface area contributed by atoms with Crippen LogP contribution in [0.25, 0.3) is 0 Å². The lowest BCUT2D eigenvalue weighted by molar-refractivity contribution is 0.204. The Morgan fingerprint density at radius 3 is 2.42 bits per heavy atom. The van der Waals surface area contributed by atoms with Crippen LogP contribution in [0, 0.1) is 0 Å². The SMILES string of the molecule is COc1ccc(CN(C)C(=O)NC(C)C)cc1OC. The Bertz CT molecular complexity index is 433. The molecular weight excluding hydrogens is 244 g/mol. The molecule has 2 amide bonds. The lowest BCUT2D eigenvalue weighted by Gasteiger charge is -2.20. The van der Waals surface area contributed by atoms with Crippen molar-refractivity contribution in [3.63, 3.8) is 0 Å². The van der Waals surface area contributed by atoms with Gasteiger partial charge in [0.05, 0.1) is 14.2 Å². The van der Waals surface area contributed by atoms with Gasteiger partial charge in [0.1, 0.15) is 0 Å². The molecule has 0 aromatic heterocycles. The van der Waals surface area contributed by atoms with E-state index in [0.717, 1.165) is 5.56 Å². The minimum atomic E-state index is -0.0928. The van der Waals surface area contributed by atoms with Crippen molar-refractivity contribution in [2.75, 3.05) is 21.3 Å². The fourth-order valence-corrected chi connectivity index (χ4v) is 1.68. The third kappa shape index (κ3) is 4.35. The topological polar surface area (TPSA) is 50.8 Å². The van der Waals surface area contributed by atoms with E-state index in [0.29, 0.717) is 18.0 Å². The molecule has 0 atom stereocenters. The summed E-state index contributed by atoms with van der Waals surface area (Å²) in [7, 11) is 4.95. The van der Waals surface area contributed by atoms with E-state index < -0.39 is 0 Å². The van der Waals surface area contributed by atoms with Crippen molar-refractivity contribution in [2.45, 2.75) is 26.4 Å². The highest BCUT2D eigenvalue weighted by molar-refractivity contribution is 5.74. The molecule has 1 aromatic carbocycles. The highest BCUT2D eigenvalue weighted by Gasteiger charge is 2.11. The van der Waals surface area contributed by atoms with E-state index >= 15 is 0 Å². The molecule has 5 heteroatoms. The average Bonchev–Trinajstić information content (AvgIpc) is 2.37. The van der Waals surface area contributed by atoms with Gasteiger partial charge in [0.15, 0.2) is 11.5 Å². The first-order valence-corrected chi connectivity index (χ1v) is 6.20. The fourth-order valence-electron chi connectivity index (χ4n) is 1.68. The standard InChI is InChI=1S/C14H22N2O3/c1-10(2)15-14(17)16(3)9-11-6-7-12(18-4)13(8-11)19-5/h6-8,10H,9H2,1-5H3,(H,15,17). The minimum Gasteiger partial charge on any atom is -0.493 e. The molecule has 0 heterocycles. The van der Waals surface area contributed by atoms with Crippen LogP contribution < -0.4 is 14.8 Å². The zero-order valence-corrected chi connectivity index (χ0v) is 12.2. The number of nitrogens with zero attached hydrogens (tertiary/aromatic N) is 1. The van der Waals surface area contributed by atoms with Crippen LogP contribution >= 0.6 is 0 Å². The summed E-state index contributed by atoms with van der Waals surface area (Å²) in [6.45, 7) is 4.38. The maximum Gasteiger partial charge on any atom is 0.317 e. The highest BCUT2D eigenvalue weighted by atomic mass is 16.5. The first-order valence-electron chi connectivity index (χ1n) is 6.20. The summed E-state index contributed by atoms with van der Waals surface area (Å²) >= 11 is 0. The molecule has 106 valence electrons. The number of hydrogen-bond acceptors (Lipinski definition) is 3. The number of nitrogens with one attached hydrogen (secondary N) is 1. The molecule has 0 saturated carbocycles. The third-order valence-electron chi connectivity index (χ3n) is 2.63. The summed E-state index contributed by atoms with van der Waals surface area (Å²) in [5.41, 5.74) is 0.985. The van der Waals surface area contributed by atoms with E-state index in [4.69, 9.17) is 9.47 Å². The molecule has 19 heavy (non-hydrogen) atoms. The van der Waals surface area contributed by atoms with Gasteiger partial charge in [0, 0.05) is 19.6 Å². The predicted octanol–water partition coefficient (Wildman–Crippen LogP) is 2.25. The number of carbonyl (C=O) groups is 1. The van der Waals surface area contributed by atoms with E-state index in [1.165, 1.54) is 0 Å². The maximum absolute atomic E-state index is 11.8. The second kappa shape index (κ2) is 6.87. The van der Waals surface area contributed by atoms with Crippen molar-refractivity contribution < 1.29 is 14.3 Å². The molecular formula is C14H22N2O3. The van der Waals surface area contributed by atoms with Crippen molar-refractivity contribution in [2.24, 2.45) is 0 Å². The molecule has 0 spiro atoms. The van der Waals surface area contributed by atoms with Crippen molar-refractivity contribution >= 4 is 6.03 Å². The number of benzene rings is 1. The minimum absolute atomic E-state index is 0.0928. The van der Waals surface area contributed by atoms with Crippen LogP contribution in [0.2, 0.25) is 0 Å². The number of urea groups is 1. The fraction of sp³-hybridized carbons (Fsp3) is 0.500. The van der Waals surface area contributed by atoms with Gasteiger partial charge in [-0.3, -0.25) is 0 Å². The van der Waals surface area contributed by atoms with Crippen LogP contribution in [-0.4, -0.2) is 38.2 Å². The largest absolute Gasteiger partial charge is 0.493 e. The van der Waals surface area contributed by atoms with Crippen molar-refractivity contribution in [3.8, 4) is 11.5 Å². The van der Waals surface area contributed by atoms with Crippen molar-refractivity contribution in [1.82, 2.24) is 10.2 Å². The van der Waals surface area contributed by atoms with Gasteiger partial charge < -0.3 is 19.7 Å². The molecule has 0 unspecified atom stereocenters. The number of methoxy groups -OCH3 is 2. The van der Waals surface area contributed by atoms with Gasteiger partial charge >= 0.3 is 6.03 Å². The highest BCUT2D eigenvalue weighted by Crippen LogP contribution is 2.27. The van der Waals surface area contributed by atoms with Crippen LogP contribution in [0.1, 0.15) is 19.4 Å². The van der Waals surface area contributed by atoms with Crippen LogP contribution in [0.4, 0.5) is 4.79 Å². The normalized spacial score (nSPS) is 10.2. The van der Waals surface area contributed by atoms with Gasteiger partial charge in [0.25, 0.3) is 0 Å². The Kier molecular flexibility index (Phi) is 5.48. The molecule has 0 bridgehead atoms. The summed E-state index contributed by atoms with van der Waals surface area (Å²) in [5, 5.41) is 2.84. The molecule has 1 N–H and O–H groups in total. The molecule has 0 aliphatic carbocycles. The van der Waals surface area contributed by atoms with Gasteiger partial charge in [-0.1, -0.05) is 6.07 Å². The number of ether oxygens (including phenoxy) is 2. The maximum atomic E-state index is 11.8. The lowest BCUT2D eigenvalue weighted by Crippen LogP contribution is -2.40. The molecule has 0 fully saturated rings. The molecule has 0 saturated heterocycles. The second-order valence-electron chi connectivity index (χ2n) is 4.65. The van der Waals surface area contributed by atoms with Gasteiger partial charge in [-0.2, -0.15) is 0 Å². The molecule has 5 nitrogen and oxygen atoms in total. The summed E-state index contributed by atoms with van der Waals surface area (Å²) in [6.07, 6.45) is 0. The van der Waals surface area contributed by atoms with Crippen LogP contribution in [0.3, 0.4) is 0 Å². The Balaban J connectivity index is 2.74. The zero-order valence-electron chi connectivity index (χ0n) is 12.2. The van der Waals surface area contributed by atoms with Crippen LogP contribution in [0.5, 0.6) is 11.5 Å². The van der Waals surface area contributed by atoms with Crippen LogP contribution in [0.15, 0.2) is 18.2 Å².